The van der Waals surface area contributed by atoms with Crippen LogP contribution in [0.1, 0.15) is 24.0 Å². The fraction of sp³-hybridized carbons (Fsp3) is 0.467. The second-order valence-corrected chi connectivity index (χ2v) is 5.40. The smallest absolute Gasteiger partial charge is 0.329 e. The van der Waals surface area contributed by atoms with Crippen LogP contribution in [0.5, 0.6) is 0 Å². The molecule has 6 nitrogen and oxygen atoms in total. The van der Waals surface area contributed by atoms with Crippen LogP contribution in [0.2, 0.25) is 0 Å². The van der Waals surface area contributed by atoms with Gasteiger partial charge in [-0.25, -0.2) is 9.59 Å². The molecular formula is C15H20N2O4. The van der Waals surface area contributed by atoms with Gasteiger partial charge in [0.25, 0.3) is 0 Å². The van der Waals surface area contributed by atoms with Crippen LogP contribution >= 0.6 is 0 Å². The van der Waals surface area contributed by atoms with Gasteiger partial charge in [0.05, 0.1) is 0 Å². The molecule has 2 amide bonds. The number of nitrogens with one attached hydrogen (secondary N) is 2. The van der Waals surface area contributed by atoms with E-state index in [9.17, 15) is 14.7 Å². The lowest BCUT2D eigenvalue weighted by molar-refractivity contribution is -0.148. The van der Waals surface area contributed by atoms with Crippen molar-refractivity contribution >= 4 is 17.7 Å². The second kappa shape index (κ2) is 6.13. The zero-order chi connectivity index (χ0) is 15.5. The molecule has 21 heavy (non-hydrogen) atoms. The van der Waals surface area contributed by atoms with Gasteiger partial charge in [0.1, 0.15) is 5.54 Å². The number of carbonyl (C=O) groups is 2. The van der Waals surface area contributed by atoms with E-state index in [4.69, 9.17) is 4.74 Å². The molecule has 1 aliphatic heterocycles. The third-order valence-corrected chi connectivity index (χ3v) is 3.74. The van der Waals surface area contributed by atoms with Gasteiger partial charge in [-0.05, 0) is 25.5 Å². The number of aryl methyl sites for hydroxylation is 2. The lowest BCUT2D eigenvalue weighted by atomic mass is 9.90. The molecule has 0 aliphatic carbocycles. The number of hydrogen-bond acceptors (Lipinski definition) is 3. The Morgan fingerprint density at radius 1 is 1.24 bits per heavy atom. The first-order valence-electron chi connectivity index (χ1n) is 6.90. The first-order valence-corrected chi connectivity index (χ1v) is 6.90. The number of hydrogen-bond donors (Lipinski definition) is 3. The molecule has 0 radical (unpaired) electrons. The van der Waals surface area contributed by atoms with Crippen LogP contribution in [0.25, 0.3) is 0 Å². The zero-order valence-corrected chi connectivity index (χ0v) is 12.2. The van der Waals surface area contributed by atoms with Crippen molar-refractivity contribution in [2.24, 2.45) is 0 Å². The third-order valence-electron chi connectivity index (χ3n) is 3.74. The molecule has 2 rings (SSSR count). The summed E-state index contributed by atoms with van der Waals surface area (Å²) in [7, 11) is 0. The molecule has 0 saturated carbocycles. The molecule has 1 aromatic rings. The summed E-state index contributed by atoms with van der Waals surface area (Å²) in [6.45, 7) is 4.52. The number of urea groups is 1. The Balaban J connectivity index is 2.07. The number of carboxylic acids is 1. The number of rotatable bonds is 3. The predicted molar refractivity (Wildman–Crippen MR) is 78.5 cm³/mol. The Morgan fingerprint density at radius 2 is 1.90 bits per heavy atom. The minimum atomic E-state index is -1.25. The SMILES string of the molecule is Cc1ccc(NC(=O)NC2(C(=O)O)CCOCC2)c(C)c1. The number of carbonyl (C=O) groups excluding carboxylic acids is 1. The van der Waals surface area contributed by atoms with Gasteiger partial charge < -0.3 is 20.5 Å². The van der Waals surface area contributed by atoms with Crippen molar-refractivity contribution in [1.82, 2.24) is 5.32 Å². The van der Waals surface area contributed by atoms with Crippen molar-refractivity contribution in [3.8, 4) is 0 Å². The second-order valence-electron chi connectivity index (χ2n) is 5.40. The lowest BCUT2D eigenvalue weighted by Crippen LogP contribution is -2.58. The van der Waals surface area contributed by atoms with Crippen molar-refractivity contribution in [2.75, 3.05) is 18.5 Å². The van der Waals surface area contributed by atoms with Gasteiger partial charge in [-0.2, -0.15) is 0 Å². The molecule has 1 aromatic carbocycles. The maximum atomic E-state index is 12.1. The number of aliphatic carboxylic acids is 1. The molecule has 0 spiro atoms. The van der Waals surface area contributed by atoms with Crippen molar-refractivity contribution in [3.63, 3.8) is 0 Å². The lowest BCUT2D eigenvalue weighted by Gasteiger charge is -2.33. The summed E-state index contributed by atoms with van der Waals surface area (Å²) in [4.78, 5) is 23.6. The van der Waals surface area contributed by atoms with Crippen molar-refractivity contribution in [2.45, 2.75) is 32.2 Å². The summed E-state index contributed by atoms with van der Waals surface area (Å²) in [6, 6.07) is 5.15. The zero-order valence-electron chi connectivity index (χ0n) is 12.2. The number of amides is 2. The Bertz CT molecular complexity index is 551. The Morgan fingerprint density at radius 3 is 2.48 bits per heavy atom. The van der Waals surface area contributed by atoms with E-state index in [2.05, 4.69) is 10.6 Å². The van der Waals surface area contributed by atoms with Crippen LogP contribution in [0, 0.1) is 13.8 Å². The highest BCUT2D eigenvalue weighted by Crippen LogP contribution is 2.22. The van der Waals surface area contributed by atoms with E-state index < -0.39 is 17.5 Å². The highest BCUT2D eigenvalue weighted by atomic mass is 16.5. The Labute approximate surface area is 123 Å². The number of carboxylic acid groups (broad SMARTS) is 1. The van der Waals surface area contributed by atoms with E-state index in [-0.39, 0.29) is 12.8 Å². The standard InChI is InChI=1S/C15H20N2O4/c1-10-3-4-12(11(2)9-10)16-14(20)17-15(13(18)19)5-7-21-8-6-15/h3-4,9H,5-8H2,1-2H3,(H,18,19)(H2,16,17,20). The molecule has 1 heterocycles. The average molecular weight is 292 g/mol. The molecular weight excluding hydrogens is 272 g/mol. The topological polar surface area (TPSA) is 87.7 Å². The van der Waals surface area contributed by atoms with Gasteiger partial charge >= 0.3 is 12.0 Å². The van der Waals surface area contributed by atoms with Crippen LogP contribution in [0.15, 0.2) is 18.2 Å². The van der Waals surface area contributed by atoms with E-state index in [1.807, 2.05) is 32.0 Å². The summed E-state index contributed by atoms with van der Waals surface area (Å²) in [5.74, 6) is -1.03. The Hall–Kier alpha value is -2.08. The van der Waals surface area contributed by atoms with Crippen molar-refractivity contribution in [1.29, 1.82) is 0 Å². The van der Waals surface area contributed by atoms with Crippen molar-refractivity contribution < 1.29 is 19.4 Å². The molecule has 6 heteroatoms. The molecule has 1 aliphatic rings. The number of benzene rings is 1. The summed E-state index contributed by atoms with van der Waals surface area (Å²) in [5.41, 5.74) is 1.46. The summed E-state index contributed by atoms with van der Waals surface area (Å²) < 4.78 is 5.17. The first kappa shape index (κ1) is 15.3. The molecule has 0 aromatic heterocycles. The highest BCUT2D eigenvalue weighted by Gasteiger charge is 2.41. The molecule has 114 valence electrons. The fourth-order valence-corrected chi connectivity index (χ4v) is 2.44. The van der Waals surface area contributed by atoms with E-state index >= 15 is 0 Å². The quantitative estimate of drug-likeness (QED) is 0.795. The van der Waals surface area contributed by atoms with Crippen LogP contribution in [-0.2, 0) is 9.53 Å². The monoisotopic (exact) mass is 292 g/mol. The summed E-state index contributed by atoms with van der Waals surface area (Å²) >= 11 is 0. The minimum Gasteiger partial charge on any atom is -0.480 e. The minimum absolute atomic E-state index is 0.267. The van der Waals surface area contributed by atoms with Crippen molar-refractivity contribution in [3.05, 3.63) is 29.3 Å². The molecule has 3 N–H and O–H groups in total. The van der Waals surface area contributed by atoms with E-state index in [0.717, 1.165) is 11.1 Å². The summed E-state index contributed by atoms with van der Waals surface area (Å²) in [6.07, 6.45) is 0.533. The van der Waals surface area contributed by atoms with Crippen LogP contribution in [0.4, 0.5) is 10.5 Å². The first-order chi connectivity index (χ1) is 9.93. The van der Waals surface area contributed by atoms with Crippen LogP contribution in [0.3, 0.4) is 0 Å². The molecule has 0 bridgehead atoms. The third kappa shape index (κ3) is 3.52. The van der Waals surface area contributed by atoms with E-state index in [1.165, 1.54) is 0 Å². The average Bonchev–Trinajstić information content (AvgIpc) is 2.43. The molecule has 1 saturated heterocycles. The van der Waals surface area contributed by atoms with Gasteiger partial charge in [0.2, 0.25) is 0 Å². The maximum Gasteiger partial charge on any atom is 0.329 e. The predicted octanol–water partition coefficient (Wildman–Crippen LogP) is 2.06. The highest BCUT2D eigenvalue weighted by molar-refractivity contribution is 5.94. The van der Waals surface area contributed by atoms with Gasteiger partial charge in [0.15, 0.2) is 0 Å². The summed E-state index contributed by atoms with van der Waals surface area (Å²) in [5, 5.41) is 14.7. The largest absolute Gasteiger partial charge is 0.480 e. The molecule has 0 atom stereocenters. The molecule has 0 unspecified atom stereocenters. The Kier molecular flexibility index (Phi) is 4.47. The van der Waals surface area contributed by atoms with Gasteiger partial charge in [-0.1, -0.05) is 17.7 Å². The van der Waals surface area contributed by atoms with Crippen LogP contribution < -0.4 is 10.6 Å². The normalized spacial score (nSPS) is 17.0. The fourth-order valence-electron chi connectivity index (χ4n) is 2.44. The number of anilines is 1. The van der Waals surface area contributed by atoms with Crippen LogP contribution in [-0.4, -0.2) is 35.9 Å². The van der Waals surface area contributed by atoms with Gasteiger partial charge in [0, 0.05) is 31.7 Å². The molecule has 1 fully saturated rings. The van der Waals surface area contributed by atoms with Gasteiger partial charge in [-0.3, -0.25) is 0 Å². The van der Waals surface area contributed by atoms with E-state index in [0.29, 0.717) is 18.9 Å². The van der Waals surface area contributed by atoms with E-state index in [1.54, 1.807) is 0 Å². The number of ether oxygens (including phenoxy) is 1. The maximum absolute atomic E-state index is 12.1. The van der Waals surface area contributed by atoms with Gasteiger partial charge in [-0.15, -0.1) is 0 Å².